The van der Waals surface area contributed by atoms with Crippen LogP contribution in [0.3, 0.4) is 0 Å². The number of amides is 2. The van der Waals surface area contributed by atoms with Gasteiger partial charge in [-0.25, -0.2) is 9.59 Å². The van der Waals surface area contributed by atoms with Crippen LogP contribution in [0.15, 0.2) is 0 Å². The Kier molecular flexibility index (Phi) is 9.88. The summed E-state index contributed by atoms with van der Waals surface area (Å²) in [5.41, 5.74) is 0. The Morgan fingerprint density at radius 3 is 2.53 bits per heavy atom. The summed E-state index contributed by atoms with van der Waals surface area (Å²) in [5, 5.41) is 11.6. The van der Waals surface area contributed by atoms with Gasteiger partial charge in [0.05, 0.1) is 0 Å². The lowest BCUT2D eigenvalue weighted by Gasteiger charge is -2.21. The second kappa shape index (κ2) is 10.6. The monoisotopic (exact) mass is 274 g/mol. The highest BCUT2D eigenvalue weighted by Crippen LogP contribution is 2.01. The van der Waals surface area contributed by atoms with Gasteiger partial charge in [-0.05, 0) is 19.3 Å². The van der Waals surface area contributed by atoms with E-state index in [1.807, 2.05) is 0 Å². The molecule has 0 radical (unpaired) electrons. The van der Waals surface area contributed by atoms with Crippen LogP contribution in [0.25, 0.3) is 0 Å². The first-order valence-electron chi connectivity index (χ1n) is 6.76. The molecule has 0 aliphatic rings. The maximum absolute atomic E-state index is 11.8. The van der Waals surface area contributed by atoms with Crippen molar-refractivity contribution in [3.05, 3.63) is 0 Å². The quantitative estimate of drug-likeness (QED) is 0.594. The number of unbranched alkanes of at least 4 members (excludes halogenated alkanes) is 2. The van der Waals surface area contributed by atoms with E-state index in [4.69, 9.17) is 9.84 Å². The van der Waals surface area contributed by atoms with Gasteiger partial charge in [0.1, 0.15) is 6.04 Å². The van der Waals surface area contributed by atoms with Gasteiger partial charge in [0, 0.05) is 27.3 Å². The molecule has 0 saturated heterocycles. The number of nitrogens with one attached hydrogen (secondary N) is 1. The normalized spacial score (nSPS) is 11.9. The van der Waals surface area contributed by atoms with Crippen molar-refractivity contribution in [2.45, 2.75) is 45.1 Å². The third kappa shape index (κ3) is 8.42. The second-order valence-electron chi connectivity index (χ2n) is 4.60. The molecular weight excluding hydrogens is 248 g/mol. The van der Waals surface area contributed by atoms with Gasteiger partial charge in [-0.2, -0.15) is 0 Å². The Hall–Kier alpha value is -1.30. The van der Waals surface area contributed by atoms with Gasteiger partial charge in [0.15, 0.2) is 0 Å². The predicted molar refractivity (Wildman–Crippen MR) is 73.2 cm³/mol. The molecule has 0 aromatic rings. The van der Waals surface area contributed by atoms with E-state index in [1.165, 1.54) is 4.90 Å². The first kappa shape index (κ1) is 17.7. The van der Waals surface area contributed by atoms with E-state index in [1.54, 1.807) is 14.2 Å². The highest BCUT2D eigenvalue weighted by molar-refractivity contribution is 5.82. The Bertz CT molecular complexity index is 271. The fourth-order valence-electron chi connectivity index (χ4n) is 1.65. The molecule has 0 spiro atoms. The van der Waals surface area contributed by atoms with E-state index in [0.717, 1.165) is 19.3 Å². The molecule has 0 aliphatic carbocycles. The predicted octanol–water partition coefficient (Wildman–Crippen LogP) is 1.70. The summed E-state index contributed by atoms with van der Waals surface area (Å²) in [6.45, 7) is 3.23. The number of carbonyl (C=O) groups is 2. The topological polar surface area (TPSA) is 78.9 Å². The molecule has 0 bridgehead atoms. The molecule has 1 unspecified atom stereocenters. The summed E-state index contributed by atoms with van der Waals surface area (Å²) >= 11 is 0. The molecule has 2 N–H and O–H groups in total. The van der Waals surface area contributed by atoms with E-state index in [9.17, 15) is 9.59 Å². The highest BCUT2D eigenvalue weighted by Gasteiger charge is 2.20. The van der Waals surface area contributed by atoms with Crippen LogP contribution in [0.2, 0.25) is 0 Å². The number of hydrogen-bond acceptors (Lipinski definition) is 3. The van der Waals surface area contributed by atoms with Gasteiger partial charge in [0.25, 0.3) is 0 Å². The number of carboxylic acids is 1. The Labute approximate surface area is 115 Å². The minimum absolute atomic E-state index is 0.332. The molecule has 0 aromatic carbocycles. The number of hydrogen-bond donors (Lipinski definition) is 2. The van der Waals surface area contributed by atoms with Gasteiger partial charge in [0.2, 0.25) is 0 Å². The molecule has 0 fully saturated rings. The van der Waals surface area contributed by atoms with Crippen molar-refractivity contribution in [1.29, 1.82) is 0 Å². The summed E-state index contributed by atoms with van der Waals surface area (Å²) < 4.78 is 4.87. The zero-order valence-electron chi connectivity index (χ0n) is 12.1. The third-order valence-electron chi connectivity index (χ3n) is 2.88. The van der Waals surface area contributed by atoms with Crippen molar-refractivity contribution in [1.82, 2.24) is 10.2 Å². The van der Waals surface area contributed by atoms with Crippen LogP contribution in [0.4, 0.5) is 4.79 Å². The minimum atomic E-state index is -1.01. The van der Waals surface area contributed by atoms with E-state index in [2.05, 4.69) is 12.2 Å². The fraction of sp³-hybridized carbons (Fsp3) is 0.846. The van der Waals surface area contributed by atoms with E-state index < -0.39 is 12.0 Å². The van der Waals surface area contributed by atoms with Crippen molar-refractivity contribution in [3.63, 3.8) is 0 Å². The summed E-state index contributed by atoms with van der Waals surface area (Å²) in [4.78, 5) is 24.4. The lowest BCUT2D eigenvalue weighted by Crippen LogP contribution is -2.47. The highest BCUT2D eigenvalue weighted by atomic mass is 16.5. The van der Waals surface area contributed by atoms with Crippen LogP contribution < -0.4 is 5.32 Å². The first-order chi connectivity index (χ1) is 9.02. The van der Waals surface area contributed by atoms with Crippen LogP contribution in [0.5, 0.6) is 0 Å². The average molecular weight is 274 g/mol. The molecule has 0 aromatic heterocycles. The molecule has 0 heterocycles. The molecule has 6 heteroatoms. The zero-order valence-corrected chi connectivity index (χ0v) is 12.1. The molecule has 0 rings (SSSR count). The van der Waals surface area contributed by atoms with E-state index in [0.29, 0.717) is 26.0 Å². The summed E-state index contributed by atoms with van der Waals surface area (Å²) in [5.74, 6) is -1.01. The molecule has 19 heavy (non-hydrogen) atoms. The van der Waals surface area contributed by atoms with Crippen LogP contribution in [-0.2, 0) is 9.53 Å². The van der Waals surface area contributed by atoms with Crippen molar-refractivity contribution in [3.8, 4) is 0 Å². The molecule has 6 nitrogen and oxygen atoms in total. The number of carbonyl (C=O) groups excluding carboxylic acids is 1. The molecule has 2 amide bonds. The fourth-order valence-corrected chi connectivity index (χ4v) is 1.65. The number of nitrogens with zero attached hydrogens (tertiary/aromatic N) is 1. The zero-order chi connectivity index (χ0) is 14.7. The second-order valence-corrected chi connectivity index (χ2v) is 4.60. The van der Waals surface area contributed by atoms with Crippen LogP contribution in [0.1, 0.15) is 39.0 Å². The number of methoxy groups -OCH3 is 1. The molecule has 1 atom stereocenters. The maximum Gasteiger partial charge on any atom is 0.326 e. The number of carboxylic acid groups (broad SMARTS) is 1. The molecule has 112 valence electrons. The van der Waals surface area contributed by atoms with Crippen molar-refractivity contribution < 1.29 is 19.4 Å². The van der Waals surface area contributed by atoms with Crippen LogP contribution >= 0.6 is 0 Å². The van der Waals surface area contributed by atoms with Crippen molar-refractivity contribution in [2.24, 2.45) is 0 Å². The molecule has 0 saturated carbocycles. The number of rotatable bonds is 10. The Morgan fingerprint density at radius 2 is 2.00 bits per heavy atom. The maximum atomic E-state index is 11.8. The Balaban J connectivity index is 4.11. The van der Waals surface area contributed by atoms with Crippen LogP contribution in [-0.4, -0.2) is 55.4 Å². The lowest BCUT2D eigenvalue weighted by atomic mass is 10.1. The largest absolute Gasteiger partial charge is 0.480 e. The van der Waals surface area contributed by atoms with Crippen LogP contribution in [0, 0.1) is 0 Å². The van der Waals surface area contributed by atoms with Gasteiger partial charge in [-0.1, -0.05) is 19.8 Å². The van der Waals surface area contributed by atoms with E-state index >= 15 is 0 Å². The number of urea groups is 1. The van der Waals surface area contributed by atoms with Gasteiger partial charge >= 0.3 is 12.0 Å². The van der Waals surface area contributed by atoms with Crippen molar-refractivity contribution >= 4 is 12.0 Å². The molecular formula is C13H26N2O4. The van der Waals surface area contributed by atoms with Gasteiger partial charge < -0.3 is 20.1 Å². The lowest BCUT2D eigenvalue weighted by molar-refractivity contribution is -0.139. The average Bonchev–Trinajstić information content (AvgIpc) is 2.37. The SMILES string of the molecule is CCCCCN(C)C(=O)NC(CCCOC)C(=O)O. The summed E-state index contributed by atoms with van der Waals surface area (Å²) in [6, 6.07) is -1.18. The van der Waals surface area contributed by atoms with E-state index in [-0.39, 0.29) is 6.03 Å². The third-order valence-corrected chi connectivity index (χ3v) is 2.88. The Morgan fingerprint density at radius 1 is 1.32 bits per heavy atom. The van der Waals surface area contributed by atoms with Crippen molar-refractivity contribution in [2.75, 3.05) is 27.3 Å². The standard InChI is InChI=1S/C13H26N2O4/c1-4-5-6-9-15(2)13(18)14-11(12(16)17)8-7-10-19-3/h11H,4-10H2,1-3H3,(H,14,18)(H,16,17). The summed E-state index contributed by atoms with van der Waals surface area (Å²) in [7, 11) is 3.24. The minimum Gasteiger partial charge on any atom is -0.480 e. The van der Waals surface area contributed by atoms with Gasteiger partial charge in [-0.3, -0.25) is 0 Å². The number of ether oxygens (including phenoxy) is 1. The van der Waals surface area contributed by atoms with Gasteiger partial charge in [-0.15, -0.1) is 0 Å². The first-order valence-corrected chi connectivity index (χ1v) is 6.76. The molecule has 0 aliphatic heterocycles. The smallest absolute Gasteiger partial charge is 0.326 e. The number of aliphatic carboxylic acids is 1. The summed E-state index contributed by atoms with van der Waals surface area (Å²) in [6.07, 6.45) is 4.06.